The quantitative estimate of drug-likeness (QED) is 0.710. The molecule has 0 spiro atoms. The van der Waals surface area contributed by atoms with Crippen molar-refractivity contribution in [2.45, 2.75) is 44.8 Å². The summed E-state index contributed by atoms with van der Waals surface area (Å²) in [6, 6.07) is 0. The van der Waals surface area contributed by atoms with E-state index < -0.39 is 25.0 Å². The number of hydrogen-bond donors (Lipinski definition) is 3. The van der Waals surface area contributed by atoms with Crippen LogP contribution in [0.3, 0.4) is 0 Å². The summed E-state index contributed by atoms with van der Waals surface area (Å²) in [5.74, 6) is 0.116. The van der Waals surface area contributed by atoms with Crippen LogP contribution in [-0.4, -0.2) is 54.6 Å². The Morgan fingerprint density at radius 1 is 1.64 bits per heavy atom. The molecule has 2 aromatic heterocycles. The third-order valence-corrected chi connectivity index (χ3v) is 3.27. The fraction of sp³-hybridized carbons (Fsp3) is 0.615. The van der Waals surface area contributed by atoms with Gasteiger partial charge in [0, 0.05) is 6.42 Å². The van der Waals surface area contributed by atoms with Gasteiger partial charge in [-0.2, -0.15) is 9.97 Å². The summed E-state index contributed by atoms with van der Waals surface area (Å²) < 4.78 is 27.8. The molecule has 0 aliphatic carbocycles. The Bertz CT molecular complexity index is 754. The first-order valence-electron chi connectivity index (χ1n) is 7.98. The molecule has 1 aliphatic heterocycles. The maximum atomic E-state index is 9.94. The van der Waals surface area contributed by atoms with Crippen molar-refractivity contribution in [2.75, 3.05) is 12.3 Å². The molecule has 4 atom stereocenters. The van der Waals surface area contributed by atoms with E-state index in [9.17, 15) is 10.2 Å². The number of hydrogen-bond acceptors (Lipinski definition) is 8. The molecular formula is C13H19N5O4. The van der Waals surface area contributed by atoms with Gasteiger partial charge in [-0.15, -0.1) is 0 Å². The molecule has 9 heteroatoms. The predicted molar refractivity (Wildman–Crippen MR) is 77.1 cm³/mol. The largest absolute Gasteiger partial charge is 0.473 e. The number of fused-ring (bicyclic) bond motifs is 1. The van der Waals surface area contributed by atoms with E-state index in [2.05, 4.69) is 15.0 Å². The number of ether oxygens (including phenoxy) is 2. The summed E-state index contributed by atoms with van der Waals surface area (Å²) >= 11 is 0. The normalized spacial score (nSPS) is 28.0. The molecule has 0 bridgehead atoms. The van der Waals surface area contributed by atoms with Crippen molar-refractivity contribution in [3.63, 3.8) is 0 Å². The molecule has 0 radical (unpaired) electrons. The lowest BCUT2D eigenvalue weighted by Crippen LogP contribution is -2.24. The van der Waals surface area contributed by atoms with Crippen molar-refractivity contribution in [1.82, 2.24) is 19.5 Å². The SMILES string of the molecule is [3H]c1nc2c(OC(C)C)nc(N)nc2n1[C@H]1C[C@H](O)[C@@H](C([3H])O)O1. The molecule has 120 valence electrons. The van der Waals surface area contributed by atoms with Crippen LogP contribution in [-0.2, 0) is 4.74 Å². The smallest absolute Gasteiger partial charge is 0.247 e. The average Bonchev–Trinajstić information content (AvgIpc) is 2.98. The van der Waals surface area contributed by atoms with Crippen molar-refractivity contribution < 1.29 is 22.4 Å². The highest BCUT2D eigenvalue weighted by Crippen LogP contribution is 2.32. The number of aromatic nitrogens is 4. The van der Waals surface area contributed by atoms with E-state index in [-0.39, 0.29) is 41.8 Å². The minimum atomic E-state index is -1.59. The Morgan fingerprint density at radius 3 is 3.05 bits per heavy atom. The third-order valence-electron chi connectivity index (χ3n) is 3.27. The minimum Gasteiger partial charge on any atom is -0.473 e. The van der Waals surface area contributed by atoms with Gasteiger partial charge in [-0.3, -0.25) is 4.57 Å². The van der Waals surface area contributed by atoms with Gasteiger partial charge in [-0.05, 0) is 13.8 Å². The third kappa shape index (κ3) is 2.58. The number of aliphatic hydroxyl groups excluding tert-OH is 2. The molecule has 0 aromatic carbocycles. The maximum absolute atomic E-state index is 9.94. The molecule has 0 amide bonds. The molecular weight excluding hydrogens is 290 g/mol. The van der Waals surface area contributed by atoms with E-state index in [1.165, 1.54) is 4.57 Å². The number of nitrogens with two attached hydrogens (primary N) is 1. The zero-order chi connectivity index (χ0) is 17.6. The first-order valence-corrected chi connectivity index (χ1v) is 6.90. The van der Waals surface area contributed by atoms with Crippen LogP contribution >= 0.6 is 0 Å². The van der Waals surface area contributed by atoms with Crippen molar-refractivity contribution >= 4 is 17.1 Å². The van der Waals surface area contributed by atoms with Crippen molar-refractivity contribution in [3.05, 3.63) is 6.30 Å². The molecule has 3 rings (SSSR count). The number of aliphatic hydroxyl groups is 2. The molecule has 1 unspecified atom stereocenters. The summed E-state index contributed by atoms with van der Waals surface area (Å²) in [5.41, 5.74) is 6.21. The van der Waals surface area contributed by atoms with Crippen LogP contribution in [0.4, 0.5) is 5.95 Å². The average molecular weight is 313 g/mol. The van der Waals surface area contributed by atoms with E-state index in [1.807, 2.05) is 13.8 Å². The second-order valence-electron chi connectivity index (χ2n) is 5.32. The van der Waals surface area contributed by atoms with Crippen molar-refractivity contribution in [1.29, 1.82) is 0 Å². The maximum Gasteiger partial charge on any atom is 0.247 e. The van der Waals surface area contributed by atoms with Crippen LogP contribution in [0.25, 0.3) is 11.2 Å². The zero-order valence-corrected chi connectivity index (χ0v) is 12.2. The predicted octanol–water partition coefficient (Wildman–Crippen LogP) is -0.164. The van der Waals surface area contributed by atoms with Crippen LogP contribution in [0, 0.1) is 0 Å². The molecule has 1 fully saturated rings. The lowest BCUT2D eigenvalue weighted by atomic mass is 10.2. The Labute approximate surface area is 129 Å². The fourth-order valence-corrected chi connectivity index (χ4v) is 2.33. The van der Waals surface area contributed by atoms with Gasteiger partial charge < -0.3 is 25.4 Å². The van der Waals surface area contributed by atoms with Crippen LogP contribution in [0.5, 0.6) is 5.88 Å². The molecule has 9 nitrogen and oxygen atoms in total. The monoisotopic (exact) mass is 313 g/mol. The molecule has 2 aromatic rings. The van der Waals surface area contributed by atoms with Crippen LogP contribution in [0.2, 0.25) is 0 Å². The Hall–Kier alpha value is -1.97. The van der Waals surface area contributed by atoms with Gasteiger partial charge in [0.25, 0.3) is 0 Å². The Morgan fingerprint density at radius 2 is 2.41 bits per heavy atom. The number of rotatable bonds is 4. The summed E-state index contributed by atoms with van der Waals surface area (Å²) in [5, 5.41) is 19.3. The summed E-state index contributed by atoms with van der Waals surface area (Å²) in [6.45, 7) is 2.05. The summed E-state index contributed by atoms with van der Waals surface area (Å²) in [7, 11) is 0. The second kappa shape index (κ2) is 5.67. The van der Waals surface area contributed by atoms with E-state index in [0.717, 1.165) is 0 Å². The number of anilines is 1. The first-order chi connectivity index (χ1) is 11.3. The summed E-state index contributed by atoms with van der Waals surface area (Å²) in [4.78, 5) is 12.2. The highest BCUT2D eigenvalue weighted by Gasteiger charge is 2.35. The van der Waals surface area contributed by atoms with Gasteiger partial charge in [-0.25, -0.2) is 4.98 Å². The molecule has 0 saturated carbocycles. The van der Waals surface area contributed by atoms with Crippen molar-refractivity contribution in [2.24, 2.45) is 0 Å². The highest BCUT2D eigenvalue weighted by atomic mass is 16.5. The molecule has 3 heterocycles. The van der Waals surface area contributed by atoms with Crippen LogP contribution < -0.4 is 10.5 Å². The van der Waals surface area contributed by atoms with Gasteiger partial charge >= 0.3 is 0 Å². The van der Waals surface area contributed by atoms with E-state index in [1.54, 1.807) is 0 Å². The minimum absolute atomic E-state index is 0.0464. The molecule has 4 N–H and O–H groups in total. The number of nitrogens with zero attached hydrogens (tertiary/aromatic N) is 4. The highest BCUT2D eigenvalue weighted by molar-refractivity contribution is 5.77. The van der Waals surface area contributed by atoms with Gasteiger partial charge in [0.2, 0.25) is 11.8 Å². The van der Waals surface area contributed by atoms with Gasteiger partial charge in [-0.1, -0.05) is 0 Å². The Kier molecular flexibility index (Phi) is 3.24. The standard InChI is InChI=1S/C13H19N5O4/c1-6(2)21-12-10-11(16-13(14)17-12)18(5-15-10)9-3-7(20)8(4-19)22-9/h5-9,19-20H,3-4H2,1-2H3,(H2,14,16,17)/t7-,8+,9+/m0/s1/i4T,5T/t4?,7-,8+,9+. The van der Waals surface area contributed by atoms with E-state index in [0.29, 0.717) is 0 Å². The van der Waals surface area contributed by atoms with Gasteiger partial charge in [0.1, 0.15) is 13.7 Å². The van der Waals surface area contributed by atoms with Gasteiger partial charge in [0.15, 0.2) is 11.2 Å². The molecule has 1 aliphatic rings. The lowest BCUT2D eigenvalue weighted by molar-refractivity contribution is -0.0432. The second-order valence-corrected chi connectivity index (χ2v) is 5.32. The van der Waals surface area contributed by atoms with E-state index in [4.69, 9.17) is 17.9 Å². The zero-order valence-electron chi connectivity index (χ0n) is 14.2. The Balaban J connectivity index is 2.06. The topological polar surface area (TPSA) is 129 Å². The van der Waals surface area contributed by atoms with Crippen LogP contribution in [0.15, 0.2) is 6.30 Å². The lowest BCUT2D eigenvalue weighted by Gasteiger charge is -2.14. The van der Waals surface area contributed by atoms with Crippen LogP contribution in [0.1, 0.15) is 29.2 Å². The molecule has 22 heavy (non-hydrogen) atoms. The van der Waals surface area contributed by atoms with Crippen molar-refractivity contribution in [3.8, 4) is 5.88 Å². The number of imidazole rings is 1. The fourth-order valence-electron chi connectivity index (χ4n) is 2.33. The van der Waals surface area contributed by atoms with E-state index >= 15 is 0 Å². The van der Waals surface area contributed by atoms with Gasteiger partial charge in [0.05, 0.1) is 26.5 Å². The first kappa shape index (κ1) is 12.6. The molecule has 1 saturated heterocycles. The number of nitrogen functional groups attached to an aromatic ring is 1. The summed E-state index contributed by atoms with van der Waals surface area (Å²) in [6.07, 6.45) is -3.17.